The van der Waals surface area contributed by atoms with E-state index >= 15 is 0 Å². The Hall–Kier alpha value is -2.49. The molecule has 130 valence electrons. The van der Waals surface area contributed by atoms with E-state index in [0.29, 0.717) is 5.56 Å². The number of Topliss-reactive ketones (excluding diaryl/α,β-unsaturated/α-hetero) is 1. The Morgan fingerprint density at radius 1 is 1.17 bits per heavy atom. The lowest BCUT2D eigenvalue weighted by atomic mass is 9.98. The normalized spacial score (nSPS) is 10.7. The van der Waals surface area contributed by atoms with Gasteiger partial charge in [0.05, 0.1) is 5.57 Å². The highest BCUT2D eigenvalue weighted by molar-refractivity contribution is 6.00. The first kappa shape index (κ1) is 21.5. The van der Waals surface area contributed by atoms with Crippen molar-refractivity contribution in [1.82, 2.24) is 0 Å². The van der Waals surface area contributed by atoms with Crippen LogP contribution in [0.1, 0.15) is 25.0 Å². The van der Waals surface area contributed by atoms with Gasteiger partial charge in [0.1, 0.15) is 12.4 Å². The molecule has 4 heteroatoms. The molecular weight excluding hydrogens is 310 g/mol. The van der Waals surface area contributed by atoms with Crippen molar-refractivity contribution in [2.75, 3.05) is 6.61 Å². The summed E-state index contributed by atoms with van der Waals surface area (Å²) in [4.78, 5) is 12.4. The number of benzene rings is 1. The molecule has 0 bridgehead atoms. The number of ketones is 1. The molecule has 0 radical (unpaired) electrons. The average Bonchev–Trinajstić information content (AvgIpc) is 2.60. The van der Waals surface area contributed by atoms with E-state index < -0.39 is 17.4 Å². The van der Waals surface area contributed by atoms with Gasteiger partial charge in [0.25, 0.3) is 0 Å². The molecule has 2 nitrogen and oxygen atoms in total. The van der Waals surface area contributed by atoms with E-state index in [9.17, 15) is 13.6 Å². The van der Waals surface area contributed by atoms with Crippen LogP contribution in [0.4, 0.5) is 8.78 Å². The molecule has 0 saturated carbocycles. The molecule has 0 atom stereocenters. The first-order chi connectivity index (χ1) is 11.5. The average molecular weight is 334 g/mol. The van der Waals surface area contributed by atoms with E-state index in [1.54, 1.807) is 6.92 Å². The van der Waals surface area contributed by atoms with Gasteiger partial charge in [-0.2, -0.15) is 0 Å². The summed E-state index contributed by atoms with van der Waals surface area (Å²) in [5, 5.41) is 0. The van der Waals surface area contributed by atoms with Crippen molar-refractivity contribution in [3.63, 3.8) is 0 Å². The molecule has 24 heavy (non-hydrogen) atoms. The third-order valence-electron chi connectivity index (χ3n) is 3.08. The van der Waals surface area contributed by atoms with Crippen LogP contribution in [0.5, 0.6) is 0 Å². The Kier molecular flexibility index (Phi) is 9.96. The summed E-state index contributed by atoms with van der Waals surface area (Å²) in [5.41, 5.74) is 0.694. The molecule has 1 rings (SSSR count). The van der Waals surface area contributed by atoms with Crippen molar-refractivity contribution in [2.45, 2.75) is 27.2 Å². The highest BCUT2D eigenvalue weighted by Crippen LogP contribution is 2.20. The summed E-state index contributed by atoms with van der Waals surface area (Å²) in [6, 6.07) is 2.46. The van der Waals surface area contributed by atoms with Crippen LogP contribution in [0.2, 0.25) is 0 Å². The molecule has 1 aromatic rings. The van der Waals surface area contributed by atoms with Crippen LogP contribution in [0.25, 0.3) is 0 Å². The number of ether oxygens (including phenoxy) is 1. The Balaban J connectivity index is 0.00000254. The quantitative estimate of drug-likeness (QED) is 0.281. The SMILES string of the molecule is C=CCO/C(C=C)=C(/C=C)C(=O)Cc1c(C)ccc(F)c1F.CC. The summed E-state index contributed by atoms with van der Waals surface area (Å²) < 4.78 is 32.5. The second kappa shape index (κ2) is 11.1. The third-order valence-corrected chi connectivity index (χ3v) is 3.08. The number of hydrogen-bond donors (Lipinski definition) is 0. The Bertz CT molecular complexity index is 643. The predicted octanol–water partition coefficient (Wildman–Crippen LogP) is 5.24. The van der Waals surface area contributed by atoms with Crippen LogP contribution in [0.15, 0.2) is 61.4 Å². The van der Waals surface area contributed by atoms with Gasteiger partial charge in [-0.3, -0.25) is 4.79 Å². The Morgan fingerprint density at radius 3 is 2.29 bits per heavy atom. The van der Waals surface area contributed by atoms with Crippen LogP contribution in [-0.2, 0) is 16.0 Å². The smallest absolute Gasteiger partial charge is 0.171 e. The molecule has 0 fully saturated rings. The van der Waals surface area contributed by atoms with Crippen molar-refractivity contribution >= 4 is 5.78 Å². The van der Waals surface area contributed by atoms with E-state index in [2.05, 4.69) is 19.7 Å². The van der Waals surface area contributed by atoms with Gasteiger partial charge >= 0.3 is 0 Å². The maximum Gasteiger partial charge on any atom is 0.171 e. The zero-order valence-corrected chi connectivity index (χ0v) is 14.5. The number of halogens is 2. The number of allylic oxidation sites excluding steroid dienone is 3. The number of hydrogen-bond acceptors (Lipinski definition) is 2. The number of aryl methyl sites for hydroxylation is 1. The Labute approximate surface area is 142 Å². The second-order valence-corrected chi connectivity index (χ2v) is 4.54. The molecule has 0 aliphatic rings. The predicted molar refractivity (Wildman–Crippen MR) is 94.7 cm³/mol. The molecule has 0 unspecified atom stereocenters. The minimum absolute atomic E-state index is 0.0245. The lowest BCUT2D eigenvalue weighted by Gasteiger charge is -2.11. The molecule has 0 aliphatic carbocycles. The summed E-state index contributed by atoms with van der Waals surface area (Å²) in [6.45, 7) is 16.5. The lowest BCUT2D eigenvalue weighted by molar-refractivity contribution is -0.114. The number of carbonyl (C=O) groups excluding carboxylic acids is 1. The fourth-order valence-electron chi connectivity index (χ4n) is 1.91. The standard InChI is InChI=1S/C18H18F2O2.C2H6/c1-5-10-22-17(7-3)13(6-2)16(21)11-14-12(4)8-9-15(19)18(14)20;1-2/h5-9H,1-3,10-11H2,4H3;1-2H3/b17-13-;. The van der Waals surface area contributed by atoms with E-state index in [0.717, 1.165) is 6.07 Å². The minimum atomic E-state index is -1.01. The monoisotopic (exact) mass is 334 g/mol. The maximum atomic E-state index is 13.8. The highest BCUT2D eigenvalue weighted by atomic mass is 19.2. The third kappa shape index (κ3) is 5.61. The number of carbonyl (C=O) groups is 1. The van der Waals surface area contributed by atoms with Crippen LogP contribution in [-0.4, -0.2) is 12.4 Å². The molecule has 0 aromatic heterocycles. The first-order valence-electron chi connectivity index (χ1n) is 7.65. The molecule has 0 heterocycles. The second-order valence-electron chi connectivity index (χ2n) is 4.54. The van der Waals surface area contributed by atoms with Crippen molar-refractivity contribution in [2.24, 2.45) is 0 Å². The van der Waals surface area contributed by atoms with E-state index in [-0.39, 0.29) is 29.9 Å². The molecular formula is C20H24F2O2. The summed E-state index contributed by atoms with van der Waals surface area (Å²) in [5.74, 6) is -2.19. The topological polar surface area (TPSA) is 26.3 Å². The minimum Gasteiger partial charge on any atom is -0.489 e. The van der Waals surface area contributed by atoms with Crippen molar-refractivity contribution in [1.29, 1.82) is 0 Å². The molecule has 0 saturated heterocycles. The van der Waals surface area contributed by atoms with Crippen molar-refractivity contribution in [3.05, 3.63) is 84.2 Å². The fourth-order valence-corrected chi connectivity index (χ4v) is 1.91. The van der Waals surface area contributed by atoms with Crippen molar-refractivity contribution in [3.8, 4) is 0 Å². The fraction of sp³-hybridized carbons (Fsp3) is 0.250. The van der Waals surface area contributed by atoms with Gasteiger partial charge in [0.15, 0.2) is 17.4 Å². The number of rotatable bonds is 8. The van der Waals surface area contributed by atoms with E-state index in [1.165, 1.54) is 24.3 Å². The lowest BCUT2D eigenvalue weighted by Crippen LogP contribution is -2.11. The maximum absolute atomic E-state index is 13.8. The zero-order chi connectivity index (χ0) is 18.7. The van der Waals surface area contributed by atoms with Crippen LogP contribution in [0.3, 0.4) is 0 Å². The largest absolute Gasteiger partial charge is 0.489 e. The van der Waals surface area contributed by atoms with Crippen molar-refractivity contribution < 1.29 is 18.3 Å². The van der Waals surface area contributed by atoms with E-state index in [1.807, 2.05) is 13.8 Å². The molecule has 0 spiro atoms. The highest BCUT2D eigenvalue weighted by Gasteiger charge is 2.18. The molecule has 0 aliphatic heterocycles. The van der Waals surface area contributed by atoms with Gasteiger partial charge in [0.2, 0.25) is 0 Å². The van der Waals surface area contributed by atoms with E-state index in [4.69, 9.17) is 4.74 Å². The van der Waals surface area contributed by atoms with Gasteiger partial charge in [0, 0.05) is 12.0 Å². The van der Waals surface area contributed by atoms with Crippen LogP contribution < -0.4 is 0 Å². The van der Waals surface area contributed by atoms with Gasteiger partial charge < -0.3 is 4.74 Å². The van der Waals surface area contributed by atoms with Gasteiger partial charge in [-0.15, -0.1) is 0 Å². The summed E-state index contributed by atoms with van der Waals surface area (Å²) in [7, 11) is 0. The molecule has 0 amide bonds. The van der Waals surface area contributed by atoms with Gasteiger partial charge in [-0.05, 0) is 24.6 Å². The molecule has 0 N–H and O–H groups in total. The summed E-state index contributed by atoms with van der Waals surface area (Å²) in [6.07, 6.45) is 3.92. The Morgan fingerprint density at radius 2 is 1.79 bits per heavy atom. The first-order valence-corrected chi connectivity index (χ1v) is 7.65. The van der Waals surface area contributed by atoms with Crippen LogP contribution >= 0.6 is 0 Å². The summed E-state index contributed by atoms with van der Waals surface area (Å²) >= 11 is 0. The van der Waals surface area contributed by atoms with Gasteiger partial charge in [-0.25, -0.2) is 8.78 Å². The zero-order valence-electron chi connectivity index (χ0n) is 14.5. The van der Waals surface area contributed by atoms with Gasteiger partial charge in [-0.1, -0.05) is 51.8 Å². The molecule has 1 aromatic carbocycles. The van der Waals surface area contributed by atoms with Crippen LogP contribution in [0, 0.1) is 18.6 Å².